The first-order valence-corrected chi connectivity index (χ1v) is 7.40. The Morgan fingerprint density at radius 1 is 1.24 bits per heavy atom. The molecule has 0 atom stereocenters. The summed E-state index contributed by atoms with van der Waals surface area (Å²) in [6.45, 7) is 4.14. The van der Waals surface area contributed by atoms with Gasteiger partial charge in [-0.2, -0.15) is 4.98 Å². The zero-order valence-electron chi connectivity index (χ0n) is 12.5. The largest absolute Gasteiger partial charge is 0.353 e. The van der Waals surface area contributed by atoms with Crippen molar-refractivity contribution in [1.82, 2.24) is 15.5 Å². The fourth-order valence-corrected chi connectivity index (χ4v) is 2.07. The van der Waals surface area contributed by atoms with Crippen LogP contribution in [0.5, 0.6) is 0 Å². The van der Waals surface area contributed by atoms with E-state index in [0.717, 1.165) is 18.4 Å². The standard InChI is InChI=1S/C16H21N3O2/c1-3-13(4-2)17-14(20)10-11-15-18-16(19-21-15)12-8-6-5-7-9-12/h5-9,13H,3-4,10-11H2,1-2H3,(H,17,20). The molecular weight excluding hydrogens is 266 g/mol. The summed E-state index contributed by atoms with van der Waals surface area (Å²) in [6, 6.07) is 9.89. The maximum Gasteiger partial charge on any atom is 0.227 e. The van der Waals surface area contributed by atoms with Crippen molar-refractivity contribution in [2.75, 3.05) is 0 Å². The molecule has 1 heterocycles. The van der Waals surface area contributed by atoms with Crippen LogP contribution in [0.4, 0.5) is 0 Å². The number of aromatic nitrogens is 2. The Labute approximate surface area is 124 Å². The lowest BCUT2D eigenvalue weighted by atomic mass is 10.1. The Kier molecular flexibility index (Phi) is 5.49. The summed E-state index contributed by atoms with van der Waals surface area (Å²) >= 11 is 0. The van der Waals surface area contributed by atoms with E-state index in [-0.39, 0.29) is 11.9 Å². The quantitative estimate of drug-likeness (QED) is 0.850. The number of carbonyl (C=O) groups excluding carboxylic acids is 1. The summed E-state index contributed by atoms with van der Waals surface area (Å²) in [5.41, 5.74) is 0.911. The van der Waals surface area contributed by atoms with E-state index in [9.17, 15) is 4.79 Å². The number of nitrogens with zero attached hydrogens (tertiary/aromatic N) is 2. The van der Waals surface area contributed by atoms with Crippen molar-refractivity contribution >= 4 is 5.91 Å². The van der Waals surface area contributed by atoms with Gasteiger partial charge in [0.15, 0.2) is 0 Å². The van der Waals surface area contributed by atoms with E-state index in [1.165, 1.54) is 0 Å². The zero-order valence-corrected chi connectivity index (χ0v) is 12.5. The second-order valence-corrected chi connectivity index (χ2v) is 4.96. The first-order valence-electron chi connectivity index (χ1n) is 7.40. The van der Waals surface area contributed by atoms with Gasteiger partial charge in [-0.3, -0.25) is 4.79 Å². The SMILES string of the molecule is CCC(CC)NC(=O)CCc1nc(-c2ccccc2)no1. The van der Waals surface area contributed by atoms with E-state index in [4.69, 9.17) is 4.52 Å². The predicted molar refractivity (Wildman–Crippen MR) is 80.6 cm³/mol. The lowest BCUT2D eigenvalue weighted by Crippen LogP contribution is -2.33. The average molecular weight is 287 g/mol. The van der Waals surface area contributed by atoms with Crippen molar-refractivity contribution in [3.05, 3.63) is 36.2 Å². The van der Waals surface area contributed by atoms with Gasteiger partial charge < -0.3 is 9.84 Å². The van der Waals surface area contributed by atoms with Crippen LogP contribution in [0.25, 0.3) is 11.4 Å². The van der Waals surface area contributed by atoms with Gasteiger partial charge in [-0.05, 0) is 12.8 Å². The molecule has 1 aromatic heterocycles. The molecule has 0 bridgehead atoms. The molecule has 112 valence electrons. The third-order valence-electron chi connectivity index (χ3n) is 3.42. The van der Waals surface area contributed by atoms with Crippen LogP contribution in [-0.4, -0.2) is 22.1 Å². The van der Waals surface area contributed by atoms with Crippen molar-refractivity contribution in [3.8, 4) is 11.4 Å². The van der Waals surface area contributed by atoms with Crippen molar-refractivity contribution < 1.29 is 9.32 Å². The molecule has 2 rings (SSSR count). The Balaban J connectivity index is 1.87. The molecule has 1 amide bonds. The summed E-state index contributed by atoms with van der Waals surface area (Å²) in [4.78, 5) is 16.1. The Morgan fingerprint density at radius 2 is 1.95 bits per heavy atom. The van der Waals surface area contributed by atoms with Gasteiger partial charge in [0.25, 0.3) is 0 Å². The lowest BCUT2D eigenvalue weighted by molar-refractivity contribution is -0.121. The van der Waals surface area contributed by atoms with Crippen LogP contribution in [0.1, 0.15) is 39.0 Å². The van der Waals surface area contributed by atoms with Gasteiger partial charge in [0, 0.05) is 24.4 Å². The molecule has 0 fully saturated rings. The summed E-state index contributed by atoms with van der Waals surface area (Å²) in [7, 11) is 0. The highest BCUT2D eigenvalue weighted by molar-refractivity contribution is 5.76. The van der Waals surface area contributed by atoms with E-state index < -0.39 is 0 Å². The predicted octanol–water partition coefficient (Wildman–Crippen LogP) is 2.97. The highest BCUT2D eigenvalue weighted by atomic mass is 16.5. The van der Waals surface area contributed by atoms with E-state index >= 15 is 0 Å². The first kappa shape index (κ1) is 15.2. The maximum absolute atomic E-state index is 11.8. The van der Waals surface area contributed by atoms with Gasteiger partial charge in [0.2, 0.25) is 17.6 Å². The number of nitrogens with one attached hydrogen (secondary N) is 1. The van der Waals surface area contributed by atoms with Crippen LogP contribution in [0, 0.1) is 0 Å². The molecule has 5 nitrogen and oxygen atoms in total. The summed E-state index contributed by atoms with van der Waals surface area (Å²) in [5.74, 6) is 1.09. The molecule has 0 saturated carbocycles. The Hall–Kier alpha value is -2.17. The number of benzene rings is 1. The molecule has 1 aromatic carbocycles. The van der Waals surface area contributed by atoms with Crippen molar-refractivity contribution in [3.63, 3.8) is 0 Å². The van der Waals surface area contributed by atoms with Gasteiger partial charge in [-0.25, -0.2) is 0 Å². The van der Waals surface area contributed by atoms with E-state index in [0.29, 0.717) is 24.6 Å². The third-order valence-corrected chi connectivity index (χ3v) is 3.42. The maximum atomic E-state index is 11.8. The number of amides is 1. The zero-order chi connectivity index (χ0) is 15.1. The highest BCUT2D eigenvalue weighted by Gasteiger charge is 2.12. The first-order chi connectivity index (χ1) is 10.2. The minimum absolute atomic E-state index is 0.0307. The van der Waals surface area contributed by atoms with Crippen molar-refractivity contribution in [1.29, 1.82) is 0 Å². The highest BCUT2D eigenvalue weighted by Crippen LogP contribution is 2.15. The molecule has 0 aliphatic heterocycles. The molecular formula is C16H21N3O2. The second kappa shape index (κ2) is 7.57. The number of carbonyl (C=O) groups is 1. The molecule has 0 aliphatic rings. The summed E-state index contributed by atoms with van der Waals surface area (Å²) < 4.78 is 5.19. The minimum Gasteiger partial charge on any atom is -0.353 e. The molecule has 0 unspecified atom stereocenters. The van der Waals surface area contributed by atoms with Gasteiger partial charge >= 0.3 is 0 Å². The van der Waals surface area contributed by atoms with Crippen LogP contribution < -0.4 is 5.32 Å². The summed E-state index contributed by atoms with van der Waals surface area (Å²) in [5, 5.41) is 6.94. The van der Waals surface area contributed by atoms with Crippen molar-refractivity contribution in [2.24, 2.45) is 0 Å². The molecule has 2 aromatic rings. The normalized spacial score (nSPS) is 10.8. The fraction of sp³-hybridized carbons (Fsp3) is 0.438. The van der Waals surface area contributed by atoms with Crippen LogP contribution >= 0.6 is 0 Å². The molecule has 0 radical (unpaired) electrons. The third kappa shape index (κ3) is 4.41. The molecule has 1 N–H and O–H groups in total. The van der Waals surface area contributed by atoms with Crippen molar-refractivity contribution in [2.45, 2.75) is 45.6 Å². The van der Waals surface area contributed by atoms with Crippen LogP contribution in [0.3, 0.4) is 0 Å². The van der Waals surface area contributed by atoms with E-state index in [1.54, 1.807) is 0 Å². The Morgan fingerprint density at radius 3 is 2.62 bits per heavy atom. The van der Waals surface area contributed by atoms with Crippen LogP contribution in [0.15, 0.2) is 34.9 Å². The fourth-order valence-electron chi connectivity index (χ4n) is 2.07. The van der Waals surface area contributed by atoms with Gasteiger partial charge in [0.05, 0.1) is 0 Å². The monoisotopic (exact) mass is 287 g/mol. The van der Waals surface area contributed by atoms with Gasteiger partial charge in [0.1, 0.15) is 0 Å². The van der Waals surface area contributed by atoms with Crippen LogP contribution in [-0.2, 0) is 11.2 Å². The molecule has 0 saturated heterocycles. The van der Waals surface area contributed by atoms with Gasteiger partial charge in [-0.15, -0.1) is 0 Å². The van der Waals surface area contributed by atoms with Gasteiger partial charge in [-0.1, -0.05) is 49.3 Å². The van der Waals surface area contributed by atoms with Crippen LogP contribution in [0.2, 0.25) is 0 Å². The number of aryl methyl sites for hydroxylation is 1. The minimum atomic E-state index is 0.0307. The smallest absolute Gasteiger partial charge is 0.227 e. The number of hydrogen-bond acceptors (Lipinski definition) is 4. The second-order valence-electron chi connectivity index (χ2n) is 4.96. The molecule has 5 heteroatoms. The topological polar surface area (TPSA) is 68.0 Å². The molecule has 0 aliphatic carbocycles. The van der Waals surface area contributed by atoms with E-state index in [1.807, 2.05) is 30.3 Å². The Bertz CT molecular complexity index is 562. The molecule has 21 heavy (non-hydrogen) atoms. The summed E-state index contributed by atoms with van der Waals surface area (Å²) in [6.07, 6.45) is 2.72. The number of rotatable bonds is 7. The lowest BCUT2D eigenvalue weighted by Gasteiger charge is -2.13. The molecule has 0 spiro atoms. The van der Waals surface area contributed by atoms with E-state index in [2.05, 4.69) is 29.3 Å². The average Bonchev–Trinajstić information content (AvgIpc) is 3.00. The number of hydrogen-bond donors (Lipinski definition) is 1.